The first kappa shape index (κ1) is 25.9. The number of rotatable bonds is 8. The summed E-state index contributed by atoms with van der Waals surface area (Å²) >= 11 is 0. The minimum Gasteiger partial charge on any atom is -0.508 e. The lowest BCUT2D eigenvalue weighted by Gasteiger charge is -2.27. The molecule has 2 heterocycles. The molecule has 10 heteroatoms. The van der Waals surface area contributed by atoms with Gasteiger partial charge in [-0.25, -0.2) is 14.8 Å². The fraction of sp³-hybridized carbons (Fsp3) is 0.207. The van der Waals surface area contributed by atoms with Gasteiger partial charge in [-0.1, -0.05) is 25.1 Å². The number of aromatic hydroxyl groups is 2. The van der Waals surface area contributed by atoms with Gasteiger partial charge in [0.05, 0.1) is 25.6 Å². The second-order valence-electron chi connectivity index (χ2n) is 9.05. The van der Waals surface area contributed by atoms with E-state index in [9.17, 15) is 14.6 Å². The number of nitrogens with one attached hydrogen (secondary N) is 2. The maximum atomic E-state index is 14.3. The van der Waals surface area contributed by atoms with E-state index in [1.54, 1.807) is 36.5 Å². The second kappa shape index (κ2) is 11.8. The van der Waals surface area contributed by atoms with Crippen molar-refractivity contribution in [2.45, 2.75) is 13.3 Å². The predicted molar refractivity (Wildman–Crippen MR) is 151 cm³/mol. The number of halogens is 1. The normalized spacial score (nSPS) is 13.5. The molecule has 0 saturated carbocycles. The third kappa shape index (κ3) is 6.42. The van der Waals surface area contributed by atoms with Crippen molar-refractivity contribution in [2.24, 2.45) is 5.10 Å². The highest BCUT2D eigenvalue weighted by molar-refractivity contribution is 5.84. The van der Waals surface area contributed by atoms with Crippen LogP contribution in [0.25, 0.3) is 11.1 Å². The SMILES string of the molecule is CCc1cc(Nc2cc(O)cc(-c3cccc(O)c3)c2)ccc1/C=N/Nc1ncc(F)c(N2CCOCC2)n1. The van der Waals surface area contributed by atoms with Crippen LogP contribution in [0.3, 0.4) is 0 Å². The van der Waals surface area contributed by atoms with E-state index in [2.05, 4.69) is 32.7 Å². The van der Waals surface area contributed by atoms with Crippen molar-refractivity contribution in [3.8, 4) is 22.6 Å². The van der Waals surface area contributed by atoms with Gasteiger partial charge in [0.15, 0.2) is 11.6 Å². The fourth-order valence-electron chi connectivity index (χ4n) is 4.39. The van der Waals surface area contributed by atoms with Gasteiger partial charge in [-0.3, -0.25) is 0 Å². The van der Waals surface area contributed by atoms with E-state index in [1.165, 1.54) is 0 Å². The van der Waals surface area contributed by atoms with Crippen LogP contribution in [0, 0.1) is 5.82 Å². The number of hydrogen-bond donors (Lipinski definition) is 4. The molecule has 0 spiro atoms. The molecule has 9 nitrogen and oxygen atoms in total. The molecule has 1 aromatic heterocycles. The van der Waals surface area contributed by atoms with Gasteiger partial charge in [-0.2, -0.15) is 10.1 Å². The highest BCUT2D eigenvalue weighted by Gasteiger charge is 2.17. The summed E-state index contributed by atoms with van der Waals surface area (Å²) in [6.45, 7) is 4.24. The number of anilines is 4. The third-order valence-corrected chi connectivity index (χ3v) is 6.31. The number of phenols is 2. The maximum Gasteiger partial charge on any atom is 0.245 e. The first-order valence-electron chi connectivity index (χ1n) is 12.7. The van der Waals surface area contributed by atoms with E-state index in [-0.39, 0.29) is 23.3 Å². The average molecular weight is 529 g/mol. The molecule has 3 aromatic carbocycles. The van der Waals surface area contributed by atoms with Gasteiger partial charge in [0.1, 0.15) is 11.5 Å². The van der Waals surface area contributed by atoms with Crippen molar-refractivity contribution in [2.75, 3.05) is 41.9 Å². The minimum absolute atomic E-state index is 0.115. The summed E-state index contributed by atoms with van der Waals surface area (Å²) in [6, 6.07) is 18.0. The summed E-state index contributed by atoms with van der Waals surface area (Å²) in [7, 11) is 0. The van der Waals surface area contributed by atoms with Crippen molar-refractivity contribution in [3.63, 3.8) is 0 Å². The van der Waals surface area contributed by atoms with Gasteiger partial charge in [-0.05, 0) is 65.1 Å². The lowest BCUT2D eigenvalue weighted by atomic mass is 10.0. The summed E-state index contributed by atoms with van der Waals surface area (Å²) in [5.74, 6) is 0.229. The number of hydrazone groups is 1. The highest BCUT2D eigenvalue weighted by atomic mass is 19.1. The molecule has 1 aliphatic rings. The lowest BCUT2D eigenvalue weighted by molar-refractivity contribution is 0.122. The molecule has 0 bridgehead atoms. The highest BCUT2D eigenvalue weighted by Crippen LogP contribution is 2.31. The molecule has 5 rings (SSSR count). The van der Waals surface area contributed by atoms with Gasteiger partial charge >= 0.3 is 0 Å². The van der Waals surface area contributed by atoms with Gasteiger partial charge in [0, 0.05) is 30.5 Å². The summed E-state index contributed by atoms with van der Waals surface area (Å²) in [5.41, 5.74) is 7.89. The van der Waals surface area contributed by atoms with Crippen molar-refractivity contribution in [1.29, 1.82) is 0 Å². The zero-order valence-electron chi connectivity index (χ0n) is 21.4. The third-order valence-electron chi connectivity index (χ3n) is 6.31. The molecule has 4 aromatic rings. The molecule has 0 radical (unpaired) electrons. The molecule has 0 atom stereocenters. The van der Waals surface area contributed by atoms with Gasteiger partial charge < -0.3 is 25.2 Å². The number of ether oxygens (including phenoxy) is 1. The monoisotopic (exact) mass is 528 g/mol. The van der Waals surface area contributed by atoms with Gasteiger partial charge in [-0.15, -0.1) is 0 Å². The molecular weight excluding hydrogens is 499 g/mol. The Kier molecular flexibility index (Phi) is 7.83. The Labute approximate surface area is 225 Å². The molecule has 1 saturated heterocycles. The summed E-state index contributed by atoms with van der Waals surface area (Å²) in [6.07, 6.45) is 3.58. The second-order valence-corrected chi connectivity index (χ2v) is 9.05. The molecule has 0 amide bonds. The van der Waals surface area contributed by atoms with Crippen LogP contribution in [0.2, 0.25) is 0 Å². The smallest absolute Gasteiger partial charge is 0.245 e. The van der Waals surface area contributed by atoms with E-state index in [4.69, 9.17) is 4.74 Å². The molecule has 200 valence electrons. The Morgan fingerprint density at radius 2 is 1.82 bits per heavy atom. The van der Waals surface area contributed by atoms with E-state index in [0.29, 0.717) is 32.0 Å². The van der Waals surface area contributed by atoms with Crippen molar-refractivity contribution in [3.05, 3.63) is 83.8 Å². The van der Waals surface area contributed by atoms with Crippen LogP contribution < -0.4 is 15.6 Å². The van der Waals surface area contributed by atoms with Crippen LogP contribution in [0.1, 0.15) is 18.1 Å². The van der Waals surface area contributed by atoms with Crippen LogP contribution in [-0.4, -0.2) is 52.7 Å². The number of hydrogen-bond acceptors (Lipinski definition) is 9. The molecule has 1 aliphatic heterocycles. The number of phenolic OH excluding ortho intramolecular Hbond substituents is 2. The summed E-state index contributed by atoms with van der Waals surface area (Å²) in [4.78, 5) is 10.1. The number of nitrogens with zero attached hydrogens (tertiary/aromatic N) is 4. The molecule has 1 fully saturated rings. The quantitative estimate of drug-likeness (QED) is 0.180. The maximum absolute atomic E-state index is 14.3. The van der Waals surface area contributed by atoms with E-state index < -0.39 is 5.82 Å². The standard InChI is InChI=1S/C29H29FN6O3/c1-2-19-12-23(33-24-13-22(15-26(38)16-24)20-4-3-5-25(37)14-20)7-6-21(19)17-32-35-29-31-18-27(30)28(34-29)36-8-10-39-11-9-36/h3-7,12-18,33,37-38H,2,8-11H2,1H3,(H,31,34,35)/b32-17+. The molecule has 4 N–H and O–H groups in total. The van der Waals surface area contributed by atoms with Crippen molar-refractivity contribution < 1.29 is 19.3 Å². The number of morpholine rings is 1. The fourth-order valence-corrected chi connectivity index (χ4v) is 4.39. The van der Waals surface area contributed by atoms with Crippen LogP contribution in [0.5, 0.6) is 11.5 Å². The Hall–Kier alpha value is -4.70. The average Bonchev–Trinajstić information content (AvgIpc) is 2.94. The van der Waals surface area contributed by atoms with Crippen molar-refractivity contribution >= 4 is 29.4 Å². The topological polar surface area (TPSA) is 115 Å². The van der Waals surface area contributed by atoms with E-state index in [0.717, 1.165) is 40.6 Å². The molecule has 39 heavy (non-hydrogen) atoms. The van der Waals surface area contributed by atoms with Crippen molar-refractivity contribution in [1.82, 2.24) is 9.97 Å². The van der Waals surface area contributed by atoms with E-state index in [1.807, 2.05) is 35.2 Å². The number of benzene rings is 3. The number of aromatic nitrogens is 2. The van der Waals surface area contributed by atoms with Crippen LogP contribution >= 0.6 is 0 Å². The zero-order valence-corrected chi connectivity index (χ0v) is 21.4. The molecular formula is C29H29FN6O3. The largest absolute Gasteiger partial charge is 0.508 e. The Morgan fingerprint density at radius 1 is 1.00 bits per heavy atom. The number of aryl methyl sites for hydroxylation is 1. The zero-order chi connectivity index (χ0) is 27.2. The van der Waals surface area contributed by atoms with Crippen LogP contribution in [-0.2, 0) is 11.2 Å². The Bertz CT molecular complexity index is 1490. The Balaban J connectivity index is 1.29. The van der Waals surface area contributed by atoms with Crippen LogP contribution in [0.15, 0.2) is 72.0 Å². The van der Waals surface area contributed by atoms with Crippen LogP contribution in [0.4, 0.5) is 27.5 Å². The Morgan fingerprint density at radius 3 is 2.62 bits per heavy atom. The summed E-state index contributed by atoms with van der Waals surface area (Å²) < 4.78 is 19.6. The first-order valence-corrected chi connectivity index (χ1v) is 12.7. The minimum atomic E-state index is -0.483. The molecule has 0 unspecified atom stereocenters. The van der Waals surface area contributed by atoms with Gasteiger partial charge in [0.2, 0.25) is 5.95 Å². The summed E-state index contributed by atoms with van der Waals surface area (Å²) in [5, 5.41) is 27.7. The lowest BCUT2D eigenvalue weighted by Crippen LogP contribution is -2.37. The molecule has 0 aliphatic carbocycles. The predicted octanol–water partition coefficient (Wildman–Crippen LogP) is 5.28. The first-order chi connectivity index (χ1) is 19.0. The van der Waals surface area contributed by atoms with Gasteiger partial charge in [0.25, 0.3) is 0 Å². The van der Waals surface area contributed by atoms with E-state index >= 15 is 0 Å².